The molecule has 0 radical (unpaired) electrons. The van der Waals surface area contributed by atoms with E-state index in [0.717, 1.165) is 12.8 Å². The average Bonchev–Trinajstić information content (AvgIpc) is 2.50. The third-order valence-electron chi connectivity index (χ3n) is 3.77. The van der Waals surface area contributed by atoms with Crippen molar-refractivity contribution in [2.24, 2.45) is 11.7 Å². The Bertz CT molecular complexity index is 424. The van der Waals surface area contributed by atoms with Gasteiger partial charge in [-0.3, -0.25) is 13.9 Å². The third-order valence-corrected chi connectivity index (χ3v) is 3.77. The van der Waals surface area contributed by atoms with E-state index in [9.17, 15) is 4.79 Å². The number of hydrogen-bond donors (Lipinski definition) is 3. The maximum absolute atomic E-state index is 11.6. The van der Waals surface area contributed by atoms with Crippen molar-refractivity contribution < 1.29 is 27.1 Å². The van der Waals surface area contributed by atoms with Crippen LogP contribution in [0.25, 0.3) is 0 Å². The monoisotopic (exact) mass is 421 g/mol. The Hall–Kier alpha value is 0.300. The van der Waals surface area contributed by atoms with Crippen molar-refractivity contribution in [3.05, 3.63) is 0 Å². The first kappa shape index (κ1) is 32.0. The molecule has 0 saturated carbocycles. The molecule has 0 unspecified atom stereocenters. The molecule has 160 valence electrons. The Kier molecular flexibility index (Phi) is 24.9. The molecule has 0 spiro atoms. The molecule has 1 atom stereocenters. The molecule has 0 aliphatic carbocycles. The van der Waals surface area contributed by atoms with Crippen LogP contribution in [-0.2, 0) is 19.9 Å². The van der Waals surface area contributed by atoms with Gasteiger partial charge in [-0.25, -0.2) is 0 Å². The van der Waals surface area contributed by atoms with Crippen molar-refractivity contribution in [1.82, 2.24) is 0 Å². The number of carbonyl (C=O) groups excluding carboxylic acids is 1. The molecule has 0 aromatic rings. The van der Waals surface area contributed by atoms with Crippen LogP contribution in [0.1, 0.15) is 91.4 Å². The van der Waals surface area contributed by atoms with Gasteiger partial charge in [-0.1, -0.05) is 78.6 Å². The summed E-state index contributed by atoms with van der Waals surface area (Å²) in [4.78, 5) is 11.6. The number of ether oxygens (including phenoxy) is 1. The molecular formula is C18H40NNaO6S. The first-order valence-corrected chi connectivity index (χ1v) is 11.1. The van der Waals surface area contributed by atoms with Crippen LogP contribution in [0.3, 0.4) is 0 Å². The SMILES string of the molecule is CCCCCCCCCCCCOC(=O)[C@@H](N)CC(C)C.O=S(=O)(O)O.[NaH]. The zero-order valence-corrected chi connectivity index (χ0v) is 17.5. The van der Waals surface area contributed by atoms with E-state index in [1.54, 1.807) is 0 Å². The van der Waals surface area contributed by atoms with E-state index < -0.39 is 16.4 Å². The van der Waals surface area contributed by atoms with Crippen LogP contribution in [0.4, 0.5) is 0 Å². The maximum atomic E-state index is 11.6. The Balaban J connectivity index is -0.000000844. The second-order valence-corrected chi connectivity index (χ2v) is 7.93. The van der Waals surface area contributed by atoms with Crippen molar-refractivity contribution in [1.29, 1.82) is 0 Å². The Morgan fingerprint density at radius 3 is 1.67 bits per heavy atom. The fraction of sp³-hybridized carbons (Fsp3) is 0.944. The van der Waals surface area contributed by atoms with Crippen LogP contribution in [0.2, 0.25) is 0 Å². The van der Waals surface area contributed by atoms with Gasteiger partial charge in [0.05, 0.1) is 6.61 Å². The van der Waals surface area contributed by atoms with Crippen LogP contribution in [0, 0.1) is 5.92 Å². The van der Waals surface area contributed by atoms with E-state index in [-0.39, 0.29) is 35.5 Å². The molecular weight excluding hydrogens is 381 g/mol. The second-order valence-electron chi connectivity index (χ2n) is 7.03. The van der Waals surface area contributed by atoms with Gasteiger partial charge in [0.25, 0.3) is 0 Å². The number of rotatable bonds is 14. The number of hydrogen-bond acceptors (Lipinski definition) is 5. The average molecular weight is 422 g/mol. The van der Waals surface area contributed by atoms with Gasteiger partial charge >= 0.3 is 45.9 Å². The van der Waals surface area contributed by atoms with Gasteiger partial charge in [0.1, 0.15) is 6.04 Å². The van der Waals surface area contributed by atoms with E-state index in [0.29, 0.717) is 18.9 Å². The predicted molar refractivity (Wildman–Crippen MR) is 112 cm³/mol. The molecule has 7 nitrogen and oxygen atoms in total. The van der Waals surface area contributed by atoms with E-state index in [4.69, 9.17) is 28.0 Å². The van der Waals surface area contributed by atoms with Crippen LogP contribution in [-0.4, -0.2) is 65.7 Å². The van der Waals surface area contributed by atoms with Crippen LogP contribution < -0.4 is 5.73 Å². The molecule has 0 saturated heterocycles. The molecule has 0 aliphatic heterocycles. The summed E-state index contributed by atoms with van der Waals surface area (Å²) in [5.41, 5.74) is 5.77. The summed E-state index contributed by atoms with van der Waals surface area (Å²) in [7, 11) is -4.67. The molecule has 0 aromatic heterocycles. The molecule has 27 heavy (non-hydrogen) atoms. The fourth-order valence-electron chi connectivity index (χ4n) is 2.47. The normalized spacial score (nSPS) is 12.0. The van der Waals surface area contributed by atoms with E-state index >= 15 is 0 Å². The summed E-state index contributed by atoms with van der Waals surface area (Å²) in [6.07, 6.45) is 13.6. The van der Waals surface area contributed by atoms with Crippen LogP contribution >= 0.6 is 0 Å². The molecule has 9 heteroatoms. The van der Waals surface area contributed by atoms with E-state index in [1.165, 1.54) is 51.4 Å². The van der Waals surface area contributed by atoms with Gasteiger partial charge in [-0.15, -0.1) is 0 Å². The molecule has 4 N–H and O–H groups in total. The predicted octanol–water partition coefficient (Wildman–Crippen LogP) is 3.52. The summed E-state index contributed by atoms with van der Waals surface area (Å²) in [6, 6.07) is -0.451. The molecule has 0 aliphatic rings. The molecule has 0 fully saturated rings. The molecule has 0 rings (SSSR count). The number of nitrogens with two attached hydrogens (primary N) is 1. The third kappa shape index (κ3) is 34.2. The first-order valence-electron chi connectivity index (χ1n) is 9.70. The van der Waals surface area contributed by atoms with Crippen molar-refractivity contribution in [2.75, 3.05) is 6.61 Å². The van der Waals surface area contributed by atoms with Gasteiger partial charge in [-0.2, -0.15) is 8.42 Å². The molecule has 0 aromatic carbocycles. The molecule has 0 amide bonds. The van der Waals surface area contributed by atoms with Gasteiger partial charge in [0.15, 0.2) is 0 Å². The molecule has 0 bridgehead atoms. The Morgan fingerprint density at radius 2 is 1.30 bits per heavy atom. The number of carbonyl (C=O) groups is 1. The number of unbranched alkanes of at least 4 members (excludes halogenated alkanes) is 9. The summed E-state index contributed by atoms with van der Waals surface area (Å²) >= 11 is 0. The van der Waals surface area contributed by atoms with Crippen molar-refractivity contribution >= 4 is 45.9 Å². The van der Waals surface area contributed by atoms with E-state index in [2.05, 4.69) is 20.8 Å². The van der Waals surface area contributed by atoms with Crippen LogP contribution in [0.15, 0.2) is 0 Å². The second kappa shape index (κ2) is 21.0. The van der Waals surface area contributed by atoms with Gasteiger partial charge < -0.3 is 10.5 Å². The first-order chi connectivity index (χ1) is 12.1. The van der Waals surface area contributed by atoms with E-state index in [1.807, 2.05) is 0 Å². The summed E-state index contributed by atoms with van der Waals surface area (Å²) < 4.78 is 36.8. The zero-order chi connectivity index (χ0) is 20.4. The van der Waals surface area contributed by atoms with Gasteiger partial charge in [-0.05, 0) is 18.8 Å². The Morgan fingerprint density at radius 1 is 0.926 bits per heavy atom. The van der Waals surface area contributed by atoms with Gasteiger partial charge in [0.2, 0.25) is 0 Å². The van der Waals surface area contributed by atoms with Crippen molar-refractivity contribution in [3.8, 4) is 0 Å². The summed E-state index contributed by atoms with van der Waals surface area (Å²) in [5.74, 6) is 0.199. The van der Waals surface area contributed by atoms with Crippen LogP contribution in [0.5, 0.6) is 0 Å². The van der Waals surface area contributed by atoms with Crippen molar-refractivity contribution in [2.45, 2.75) is 97.4 Å². The molecule has 0 heterocycles. The quantitative estimate of drug-likeness (QED) is 0.169. The Labute approximate surface area is 188 Å². The fourth-order valence-corrected chi connectivity index (χ4v) is 2.47. The van der Waals surface area contributed by atoms with Gasteiger partial charge in [0, 0.05) is 0 Å². The summed E-state index contributed by atoms with van der Waals surface area (Å²) in [5, 5.41) is 0. The minimum atomic E-state index is -4.67. The summed E-state index contributed by atoms with van der Waals surface area (Å²) in [6.45, 7) is 6.91. The zero-order valence-electron chi connectivity index (χ0n) is 16.7. The topological polar surface area (TPSA) is 127 Å². The minimum absolute atomic E-state index is 0. The number of esters is 1. The standard InChI is InChI=1S/C18H37NO2.Na.H2O4S.H/c1-4-5-6-7-8-9-10-11-12-13-14-21-18(20)17(19)15-16(2)3;;1-5(2,3)4;/h16-17H,4-15,19H2,1-3H3;;(H2,1,2,3,4);/t17-;;;/m0.../s1. The van der Waals surface area contributed by atoms with Crippen molar-refractivity contribution in [3.63, 3.8) is 0 Å².